The molecule has 2 heterocycles. The fourth-order valence-corrected chi connectivity index (χ4v) is 5.58. The maximum absolute atomic E-state index is 13.8. The number of piperidine rings is 2. The normalized spacial score (nSPS) is 26.8. The van der Waals surface area contributed by atoms with E-state index in [0.29, 0.717) is 44.1 Å². The van der Waals surface area contributed by atoms with Gasteiger partial charge in [0.25, 0.3) is 0 Å². The molecule has 2 aliphatic heterocycles. The minimum Gasteiger partial charge on any atom is -0.484 e. The molecule has 172 valence electrons. The first-order valence-electron chi connectivity index (χ1n) is 11.8. The second-order valence-electron chi connectivity index (χ2n) is 9.48. The van der Waals surface area contributed by atoms with Crippen LogP contribution >= 0.6 is 0 Å². The molecule has 4 rings (SSSR count). The van der Waals surface area contributed by atoms with Crippen molar-refractivity contribution in [2.45, 2.75) is 70.4 Å². The lowest BCUT2D eigenvalue weighted by atomic mass is 9.83. The molecule has 3 aliphatic rings. The van der Waals surface area contributed by atoms with E-state index in [1.807, 2.05) is 4.90 Å². The molecule has 31 heavy (non-hydrogen) atoms. The molecule has 1 aliphatic carbocycles. The SMILES string of the molecule is CC1CCCCC1N1CCC(C(=O)N2CCC(Oc3c(F)cc(F)cc3F)CC2)CC1. The largest absolute Gasteiger partial charge is 0.484 e. The fourth-order valence-electron chi connectivity index (χ4n) is 5.58. The maximum Gasteiger partial charge on any atom is 0.225 e. The van der Waals surface area contributed by atoms with Crippen LogP contribution in [0.25, 0.3) is 0 Å². The van der Waals surface area contributed by atoms with Crippen LogP contribution < -0.4 is 4.74 Å². The summed E-state index contributed by atoms with van der Waals surface area (Å²) in [6.07, 6.45) is 7.71. The van der Waals surface area contributed by atoms with Gasteiger partial charge in [-0.1, -0.05) is 19.8 Å². The first-order valence-corrected chi connectivity index (χ1v) is 11.8. The second kappa shape index (κ2) is 9.80. The van der Waals surface area contributed by atoms with Crippen LogP contribution in [0.1, 0.15) is 58.3 Å². The number of ether oxygens (including phenoxy) is 1. The average molecular weight is 439 g/mol. The molecule has 0 bridgehead atoms. The highest BCUT2D eigenvalue weighted by Crippen LogP contribution is 2.32. The average Bonchev–Trinajstić information content (AvgIpc) is 2.77. The molecule has 2 unspecified atom stereocenters. The zero-order valence-electron chi connectivity index (χ0n) is 18.3. The molecule has 1 aromatic rings. The van der Waals surface area contributed by atoms with Crippen molar-refractivity contribution < 1.29 is 22.7 Å². The highest BCUT2D eigenvalue weighted by atomic mass is 19.1. The molecule has 2 atom stereocenters. The van der Waals surface area contributed by atoms with Gasteiger partial charge in [-0.15, -0.1) is 0 Å². The Morgan fingerprint density at radius 2 is 1.52 bits per heavy atom. The molecule has 7 heteroatoms. The summed E-state index contributed by atoms with van der Waals surface area (Å²) in [7, 11) is 0. The summed E-state index contributed by atoms with van der Waals surface area (Å²) < 4.78 is 46.2. The third-order valence-electron chi connectivity index (χ3n) is 7.42. The molecule has 0 aromatic heterocycles. The molecule has 1 amide bonds. The van der Waals surface area contributed by atoms with Crippen molar-refractivity contribution in [1.82, 2.24) is 9.80 Å². The number of benzene rings is 1. The predicted molar refractivity (Wildman–Crippen MR) is 112 cm³/mol. The number of rotatable bonds is 4. The Labute approximate surface area is 182 Å². The number of carbonyl (C=O) groups is 1. The van der Waals surface area contributed by atoms with Gasteiger partial charge in [0.05, 0.1) is 0 Å². The second-order valence-corrected chi connectivity index (χ2v) is 9.48. The van der Waals surface area contributed by atoms with E-state index in [4.69, 9.17) is 4.74 Å². The Hall–Kier alpha value is -1.76. The number of hydrogen-bond acceptors (Lipinski definition) is 3. The quantitative estimate of drug-likeness (QED) is 0.679. The van der Waals surface area contributed by atoms with Crippen molar-refractivity contribution in [2.24, 2.45) is 11.8 Å². The summed E-state index contributed by atoms with van der Waals surface area (Å²) in [6.45, 7) is 5.39. The first-order chi connectivity index (χ1) is 14.9. The number of carbonyl (C=O) groups excluding carboxylic acids is 1. The maximum atomic E-state index is 13.8. The lowest BCUT2D eigenvalue weighted by Gasteiger charge is -2.43. The van der Waals surface area contributed by atoms with Crippen LogP contribution in [0.5, 0.6) is 5.75 Å². The van der Waals surface area contributed by atoms with E-state index in [2.05, 4.69) is 11.8 Å². The molecule has 3 fully saturated rings. The lowest BCUT2D eigenvalue weighted by Crippen LogP contribution is -2.50. The van der Waals surface area contributed by atoms with Crippen LogP contribution in [0.3, 0.4) is 0 Å². The Morgan fingerprint density at radius 3 is 2.13 bits per heavy atom. The van der Waals surface area contributed by atoms with Crippen molar-refractivity contribution in [3.63, 3.8) is 0 Å². The van der Waals surface area contributed by atoms with Gasteiger partial charge in [-0.05, 0) is 44.7 Å². The van der Waals surface area contributed by atoms with E-state index < -0.39 is 23.2 Å². The van der Waals surface area contributed by atoms with Crippen molar-refractivity contribution >= 4 is 5.91 Å². The van der Waals surface area contributed by atoms with Gasteiger partial charge in [0.2, 0.25) is 5.91 Å². The van der Waals surface area contributed by atoms with E-state index in [9.17, 15) is 18.0 Å². The standard InChI is InChI=1S/C24H33F3N2O2/c1-16-4-2-3-5-22(16)28-10-6-17(7-11-28)24(30)29-12-8-19(9-13-29)31-23-20(26)14-18(25)15-21(23)27/h14-17,19,22H,2-13H2,1H3. The van der Waals surface area contributed by atoms with Gasteiger partial charge in [-0.3, -0.25) is 4.79 Å². The zero-order chi connectivity index (χ0) is 22.0. The molecule has 1 aromatic carbocycles. The number of amides is 1. The van der Waals surface area contributed by atoms with Crippen LogP contribution in [0.2, 0.25) is 0 Å². The van der Waals surface area contributed by atoms with Gasteiger partial charge in [0.15, 0.2) is 17.4 Å². The molecular weight excluding hydrogens is 405 g/mol. The van der Waals surface area contributed by atoms with E-state index in [1.165, 1.54) is 25.7 Å². The smallest absolute Gasteiger partial charge is 0.225 e. The highest BCUT2D eigenvalue weighted by molar-refractivity contribution is 5.79. The lowest BCUT2D eigenvalue weighted by molar-refractivity contribution is -0.139. The van der Waals surface area contributed by atoms with Crippen molar-refractivity contribution in [3.05, 3.63) is 29.6 Å². The summed E-state index contributed by atoms with van der Waals surface area (Å²) in [5.41, 5.74) is 0. The number of likely N-dealkylation sites (tertiary alicyclic amines) is 2. The molecule has 0 radical (unpaired) electrons. The van der Waals surface area contributed by atoms with E-state index in [1.54, 1.807) is 0 Å². The van der Waals surface area contributed by atoms with E-state index >= 15 is 0 Å². The number of nitrogens with zero attached hydrogens (tertiary/aromatic N) is 2. The minimum atomic E-state index is -1.03. The van der Waals surface area contributed by atoms with Crippen molar-refractivity contribution in [3.8, 4) is 5.75 Å². The Balaban J connectivity index is 1.24. The van der Waals surface area contributed by atoms with Crippen LogP contribution in [0.4, 0.5) is 13.2 Å². The van der Waals surface area contributed by atoms with Crippen LogP contribution in [-0.4, -0.2) is 54.0 Å². The third-order valence-corrected chi connectivity index (χ3v) is 7.42. The number of halogens is 3. The van der Waals surface area contributed by atoms with Gasteiger partial charge in [0.1, 0.15) is 11.9 Å². The molecule has 2 saturated heterocycles. The Morgan fingerprint density at radius 1 is 0.903 bits per heavy atom. The summed E-state index contributed by atoms with van der Waals surface area (Å²) in [6, 6.07) is 1.92. The van der Waals surface area contributed by atoms with Crippen molar-refractivity contribution in [2.75, 3.05) is 26.2 Å². The summed E-state index contributed by atoms with van der Waals surface area (Å²) >= 11 is 0. The van der Waals surface area contributed by atoms with Crippen LogP contribution in [0.15, 0.2) is 12.1 Å². The van der Waals surface area contributed by atoms with Crippen LogP contribution in [-0.2, 0) is 4.79 Å². The Kier molecular flexibility index (Phi) is 7.09. The monoisotopic (exact) mass is 438 g/mol. The van der Waals surface area contributed by atoms with Gasteiger partial charge in [-0.2, -0.15) is 0 Å². The van der Waals surface area contributed by atoms with E-state index in [-0.39, 0.29) is 17.9 Å². The highest BCUT2D eigenvalue weighted by Gasteiger charge is 2.35. The summed E-state index contributed by atoms with van der Waals surface area (Å²) in [5.74, 6) is -2.54. The van der Waals surface area contributed by atoms with Gasteiger partial charge in [-0.25, -0.2) is 13.2 Å². The Bertz CT molecular complexity index is 751. The van der Waals surface area contributed by atoms with Gasteiger partial charge < -0.3 is 14.5 Å². The fraction of sp³-hybridized carbons (Fsp3) is 0.708. The molecular formula is C24H33F3N2O2. The van der Waals surface area contributed by atoms with Gasteiger partial charge >= 0.3 is 0 Å². The topological polar surface area (TPSA) is 32.8 Å². The summed E-state index contributed by atoms with van der Waals surface area (Å²) in [5, 5.41) is 0. The molecule has 0 spiro atoms. The molecule has 4 nitrogen and oxygen atoms in total. The first kappa shape index (κ1) is 22.4. The van der Waals surface area contributed by atoms with Crippen molar-refractivity contribution in [1.29, 1.82) is 0 Å². The summed E-state index contributed by atoms with van der Waals surface area (Å²) in [4.78, 5) is 17.5. The molecule has 1 saturated carbocycles. The van der Waals surface area contributed by atoms with Crippen LogP contribution in [0, 0.1) is 29.3 Å². The minimum absolute atomic E-state index is 0.0691. The van der Waals surface area contributed by atoms with Gasteiger partial charge in [0, 0.05) is 50.0 Å². The van der Waals surface area contributed by atoms with E-state index in [0.717, 1.165) is 31.8 Å². The zero-order valence-corrected chi connectivity index (χ0v) is 18.3. The third kappa shape index (κ3) is 5.18. The molecule has 0 N–H and O–H groups in total. The number of hydrogen-bond donors (Lipinski definition) is 0. The predicted octanol–water partition coefficient (Wildman–Crippen LogP) is 4.76.